The second kappa shape index (κ2) is 10.8. The minimum atomic E-state index is 0.0723. The van der Waals surface area contributed by atoms with Gasteiger partial charge in [-0.25, -0.2) is 0 Å². The average molecular weight is 417 g/mol. The van der Waals surface area contributed by atoms with Crippen molar-refractivity contribution in [1.29, 1.82) is 0 Å². The van der Waals surface area contributed by atoms with E-state index in [9.17, 15) is 9.59 Å². The minimum absolute atomic E-state index is 0.0723. The van der Waals surface area contributed by atoms with Crippen LogP contribution in [-0.4, -0.2) is 85.5 Å². The lowest BCUT2D eigenvalue weighted by Crippen LogP contribution is -2.50. The van der Waals surface area contributed by atoms with Gasteiger partial charge in [0.25, 0.3) is 0 Å². The molecule has 1 N–H and O–H groups in total. The fraction of sp³-hybridized carbons (Fsp3) is 0.652. The molecule has 0 bridgehead atoms. The van der Waals surface area contributed by atoms with Crippen LogP contribution >= 0.6 is 0 Å². The summed E-state index contributed by atoms with van der Waals surface area (Å²) in [6, 6.07) is 8.51. The predicted octanol–water partition coefficient (Wildman–Crippen LogP) is 1.58. The van der Waals surface area contributed by atoms with Crippen molar-refractivity contribution >= 4 is 11.8 Å². The molecule has 2 aliphatic heterocycles. The highest BCUT2D eigenvalue weighted by Crippen LogP contribution is 2.16. The SMILES string of the molecule is CC(C)C(=O)N1CCN(CCOc2cccc(CN(C)C[C@@H]3CCC(=O)N3)c2)CC1. The number of carbonyl (C=O) groups excluding carboxylic acids is 2. The standard InChI is InChI=1S/C23H36N4O3/c1-18(2)23(29)27-11-9-26(10-12-27)13-14-30-21-6-4-5-19(15-21)16-25(3)17-20-7-8-22(28)24-20/h4-6,15,18,20H,7-14,16-17H2,1-3H3,(H,24,28)/t20-/m0/s1. The lowest BCUT2D eigenvalue weighted by molar-refractivity contribution is -0.136. The molecular formula is C23H36N4O3. The van der Waals surface area contributed by atoms with Crippen molar-refractivity contribution in [2.75, 3.05) is 52.9 Å². The number of benzene rings is 1. The largest absolute Gasteiger partial charge is 0.492 e. The van der Waals surface area contributed by atoms with Gasteiger partial charge in [-0.1, -0.05) is 26.0 Å². The zero-order valence-electron chi connectivity index (χ0n) is 18.6. The molecule has 0 unspecified atom stereocenters. The summed E-state index contributed by atoms with van der Waals surface area (Å²) < 4.78 is 5.99. The Kier molecular flexibility index (Phi) is 8.10. The summed E-state index contributed by atoms with van der Waals surface area (Å²) in [4.78, 5) is 30.0. The van der Waals surface area contributed by atoms with E-state index < -0.39 is 0 Å². The van der Waals surface area contributed by atoms with Crippen LogP contribution in [0.3, 0.4) is 0 Å². The first-order valence-electron chi connectivity index (χ1n) is 11.1. The van der Waals surface area contributed by atoms with Gasteiger partial charge in [-0.2, -0.15) is 0 Å². The predicted molar refractivity (Wildman–Crippen MR) is 117 cm³/mol. The molecule has 1 atom stereocenters. The molecular weight excluding hydrogens is 380 g/mol. The molecule has 1 aromatic carbocycles. The van der Waals surface area contributed by atoms with Crippen LogP contribution in [-0.2, 0) is 16.1 Å². The van der Waals surface area contributed by atoms with Gasteiger partial charge in [-0.15, -0.1) is 0 Å². The summed E-state index contributed by atoms with van der Waals surface area (Å²) in [6.07, 6.45) is 1.57. The molecule has 0 aliphatic carbocycles. The van der Waals surface area contributed by atoms with Gasteiger partial charge in [0.2, 0.25) is 11.8 Å². The van der Waals surface area contributed by atoms with Crippen LogP contribution in [0.1, 0.15) is 32.3 Å². The van der Waals surface area contributed by atoms with Gasteiger partial charge in [0.05, 0.1) is 0 Å². The Morgan fingerprint density at radius 1 is 1.27 bits per heavy atom. The van der Waals surface area contributed by atoms with Gasteiger partial charge < -0.3 is 19.9 Å². The number of nitrogens with zero attached hydrogens (tertiary/aromatic N) is 3. The zero-order valence-corrected chi connectivity index (χ0v) is 18.6. The minimum Gasteiger partial charge on any atom is -0.492 e. The number of ether oxygens (including phenoxy) is 1. The molecule has 2 aliphatic rings. The molecule has 1 aromatic rings. The van der Waals surface area contributed by atoms with E-state index in [1.165, 1.54) is 5.56 Å². The van der Waals surface area contributed by atoms with Crippen molar-refractivity contribution in [3.63, 3.8) is 0 Å². The van der Waals surface area contributed by atoms with E-state index in [-0.39, 0.29) is 23.8 Å². The molecule has 166 valence electrons. The van der Waals surface area contributed by atoms with Crippen molar-refractivity contribution in [1.82, 2.24) is 20.0 Å². The molecule has 0 spiro atoms. The molecule has 7 heteroatoms. The van der Waals surface area contributed by atoms with E-state index in [1.54, 1.807) is 0 Å². The van der Waals surface area contributed by atoms with Gasteiger partial charge in [-0.3, -0.25) is 14.5 Å². The summed E-state index contributed by atoms with van der Waals surface area (Å²) in [7, 11) is 2.09. The fourth-order valence-electron chi connectivity index (χ4n) is 4.15. The van der Waals surface area contributed by atoms with Crippen LogP contribution in [0.25, 0.3) is 0 Å². The van der Waals surface area contributed by atoms with Crippen LogP contribution in [0.4, 0.5) is 0 Å². The third-order valence-corrected chi connectivity index (χ3v) is 5.82. The number of amides is 2. The fourth-order valence-corrected chi connectivity index (χ4v) is 4.15. The van der Waals surface area contributed by atoms with Crippen molar-refractivity contribution in [3.8, 4) is 5.75 Å². The first-order chi connectivity index (χ1) is 14.4. The smallest absolute Gasteiger partial charge is 0.225 e. The van der Waals surface area contributed by atoms with Gasteiger partial charge in [0.15, 0.2) is 0 Å². The molecule has 3 rings (SSSR count). The highest BCUT2D eigenvalue weighted by Gasteiger charge is 2.23. The quantitative estimate of drug-likeness (QED) is 0.662. The van der Waals surface area contributed by atoms with E-state index in [0.29, 0.717) is 13.0 Å². The van der Waals surface area contributed by atoms with Crippen LogP contribution in [0.15, 0.2) is 24.3 Å². The number of piperazine rings is 1. The topological polar surface area (TPSA) is 65.1 Å². The number of rotatable bonds is 9. The molecule has 0 aromatic heterocycles. The molecule has 0 saturated carbocycles. The summed E-state index contributed by atoms with van der Waals surface area (Å²) in [5.74, 6) is 1.38. The number of nitrogens with one attached hydrogen (secondary N) is 1. The highest BCUT2D eigenvalue weighted by atomic mass is 16.5. The van der Waals surface area contributed by atoms with E-state index >= 15 is 0 Å². The molecule has 2 heterocycles. The maximum Gasteiger partial charge on any atom is 0.225 e. The summed E-state index contributed by atoms with van der Waals surface area (Å²) in [5, 5.41) is 3.02. The monoisotopic (exact) mass is 416 g/mol. The first kappa shape index (κ1) is 22.6. The van der Waals surface area contributed by atoms with Crippen LogP contribution < -0.4 is 10.1 Å². The number of hydrogen-bond donors (Lipinski definition) is 1. The van der Waals surface area contributed by atoms with Crippen LogP contribution in [0, 0.1) is 5.92 Å². The summed E-state index contributed by atoms with van der Waals surface area (Å²) in [6.45, 7) is 10.6. The second-order valence-electron chi connectivity index (χ2n) is 8.82. The number of carbonyl (C=O) groups is 2. The molecule has 7 nitrogen and oxygen atoms in total. The Morgan fingerprint density at radius 3 is 2.70 bits per heavy atom. The summed E-state index contributed by atoms with van der Waals surface area (Å²) >= 11 is 0. The van der Waals surface area contributed by atoms with Crippen molar-refractivity contribution in [2.45, 2.75) is 39.3 Å². The Labute approximate surface area is 180 Å². The van der Waals surface area contributed by atoms with Gasteiger partial charge >= 0.3 is 0 Å². The van der Waals surface area contributed by atoms with Crippen molar-refractivity contribution < 1.29 is 14.3 Å². The van der Waals surface area contributed by atoms with E-state index in [0.717, 1.165) is 58.0 Å². The van der Waals surface area contributed by atoms with E-state index in [2.05, 4.69) is 34.3 Å². The third kappa shape index (κ3) is 6.71. The first-order valence-corrected chi connectivity index (χ1v) is 11.1. The van der Waals surface area contributed by atoms with Crippen molar-refractivity contribution in [2.24, 2.45) is 5.92 Å². The Hall–Kier alpha value is -2.12. The second-order valence-corrected chi connectivity index (χ2v) is 8.82. The lowest BCUT2D eigenvalue weighted by Gasteiger charge is -2.35. The van der Waals surface area contributed by atoms with E-state index in [1.807, 2.05) is 30.9 Å². The van der Waals surface area contributed by atoms with Crippen LogP contribution in [0.2, 0.25) is 0 Å². The Bertz CT molecular complexity index is 716. The normalized spacial score (nSPS) is 20.1. The molecule has 30 heavy (non-hydrogen) atoms. The third-order valence-electron chi connectivity index (χ3n) is 5.82. The molecule has 2 saturated heterocycles. The Morgan fingerprint density at radius 2 is 2.03 bits per heavy atom. The average Bonchev–Trinajstić information content (AvgIpc) is 3.12. The number of likely N-dealkylation sites (N-methyl/N-ethyl adjacent to an activating group) is 1. The maximum absolute atomic E-state index is 12.1. The van der Waals surface area contributed by atoms with Crippen LogP contribution in [0.5, 0.6) is 5.75 Å². The number of hydrogen-bond acceptors (Lipinski definition) is 5. The molecule has 2 amide bonds. The van der Waals surface area contributed by atoms with Gasteiger partial charge in [-0.05, 0) is 31.2 Å². The molecule has 2 fully saturated rings. The Balaban J connectivity index is 1.37. The maximum atomic E-state index is 12.1. The zero-order chi connectivity index (χ0) is 21.5. The lowest BCUT2D eigenvalue weighted by atomic mass is 10.1. The van der Waals surface area contributed by atoms with Crippen molar-refractivity contribution in [3.05, 3.63) is 29.8 Å². The van der Waals surface area contributed by atoms with Gasteiger partial charge in [0, 0.05) is 64.2 Å². The summed E-state index contributed by atoms with van der Waals surface area (Å²) in [5.41, 5.74) is 1.21. The highest BCUT2D eigenvalue weighted by molar-refractivity contribution is 5.78. The van der Waals surface area contributed by atoms with Gasteiger partial charge in [0.1, 0.15) is 12.4 Å². The molecule has 0 radical (unpaired) electrons. The van der Waals surface area contributed by atoms with E-state index in [4.69, 9.17) is 4.74 Å².